The number of amides is 5. The summed E-state index contributed by atoms with van der Waals surface area (Å²) >= 11 is 0. The summed E-state index contributed by atoms with van der Waals surface area (Å²) in [6.07, 6.45) is 5.02. The second kappa shape index (κ2) is 19.6. The van der Waals surface area contributed by atoms with Crippen LogP contribution >= 0.6 is 0 Å². The topological polar surface area (TPSA) is 201 Å². The van der Waals surface area contributed by atoms with Gasteiger partial charge in [0.1, 0.15) is 36.1 Å². The predicted octanol–water partition coefficient (Wildman–Crippen LogP) is 7.37. The molecule has 3 heterocycles. The molecule has 15 heteroatoms. The highest BCUT2D eigenvalue weighted by Gasteiger charge is 2.35. The van der Waals surface area contributed by atoms with Gasteiger partial charge in [-0.15, -0.1) is 0 Å². The number of nitrogens with two attached hydrogens (primary N) is 1. The number of nitrogens with one attached hydrogen (secondary N) is 4. The number of primary amides is 1. The van der Waals surface area contributed by atoms with E-state index in [9.17, 15) is 19.2 Å². The molecule has 3 atom stereocenters. The third-order valence-electron chi connectivity index (χ3n) is 12.3. The number of urea groups is 1. The molecule has 340 valence electrons. The Balaban J connectivity index is 1.01. The molecule has 1 aliphatic heterocycles. The van der Waals surface area contributed by atoms with Crippen molar-refractivity contribution < 1.29 is 28.7 Å². The van der Waals surface area contributed by atoms with Crippen molar-refractivity contribution in [2.24, 2.45) is 23.5 Å². The van der Waals surface area contributed by atoms with Crippen LogP contribution < -0.4 is 21.1 Å². The van der Waals surface area contributed by atoms with E-state index in [4.69, 9.17) is 20.2 Å². The minimum Gasteiger partial charge on any atom is -0.488 e. The molecule has 1 saturated carbocycles. The zero-order valence-electron chi connectivity index (χ0n) is 37.8. The number of imidazole rings is 2. The third kappa shape index (κ3) is 10.1. The van der Waals surface area contributed by atoms with E-state index in [2.05, 4.69) is 62.8 Å². The molecule has 4 aromatic carbocycles. The summed E-state index contributed by atoms with van der Waals surface area (Å²) in [6, 6.07) is 21.7. The van der Waals surface area contributed by atoms with Gasteiger partial charge in [0.2, 0.25) is 17.7 Å². The number of nitrogens with zero attached hydrogens (tertiary/aromatic N) is 4. The van der Waals surface area contributed by atoms with Crippen LogP contribution in [0.3, 0.4) is 0 Å². The second-order valence-electron chi connectivity index (χ2n) is 17.8. The predicted molar refractivity (Wildman–Crippen MR) is 249 cm³/mol. The van der Waals surface area contributed by atoms with Gasteiger partial charge in [0, 0.05) is 43.7 Å². The van der Waals surface area contributed by atoms with Crippen molar-refractivity contribution in [2.75, 3.05) is 26.8 Å². The molecule has 6 aromatic rings. The van der Waals surface area contributed by atoms with Crippen molar-refractivity contribution in [3.05, 3.63) is 102 Å². The highest BCUT2D eigenvalue weighted by molar-refractivity contribution is 6.07. The summed E-state index contributed by atoms with van der Waals surface area (Å²) in [7, 11) is 1.66. The van der Waals surface area contributed by atoms with Crippen molar-refractivity contribution in [3.63, 3.8) is 0 Å². The molecule has 1 fully saturated rings. The van der Waals surface area contributed by atoms with Gasteiger partial charge in [-0.3, -0.25) is 14.4 Å². The Hall–Kier alpha value is -6.74. The average molecular weight is 882 g/mol. The largest absolute Gasteiger partial charge is 0.488 e. The van der Waals surface area contributed by atoms with Crippen LogP contribution in [-0.4, -0.2) is 86.3 Å². The quantitative estimate of drug-likeness (QED) is 0.0555. The molecule has 0 saturated heterocycles. The van der Waals surface area contributed by atoms with Gasteiger partial charge >= 0.3 is 6.03 Å². The van der Waals surface area contributed by atoms with Gasteiger partial charge in [0.05, 0.1) is 36.0 Å². The van der Waals surface area contributed by atoms with Gasteiger partial charge in [0.15, 0.2) is 0 Å². The first-order valence-corrected chi connectivity index (χ1v) is 22.6. The number of carbonyl (C=O) groups excluding carboxylic acids is 4. The smallest absolute Gasteiger partial charge is 0.312 e. The molecule has 15 nitrogen and oxygen atoms in total. The number of H-pyrrole nitrogens is 2. The van der Waals surface area contributed by atoms with Crippen LogP contribution in [0.5, 0.6) is 5.75 Å². The fraction of sp³-hybridized carbons (Fsp3) is 0.400. The monoisotopic (exact) mass is 881 g/mol. The number of hydrogen-bond donors (Lipinski definition) is 5. The molecule has 3 unspecified atom stereocenters. The Morgan fingerprint density at radius 2 is 1.69 bits per heavy atom. The highest BCUT2D eigenvalue weighted by atomic mass is 16.5. The summed E-state index contributed by atoms with van der Waals surface area (Å²) in [5.41, 5.74) is 12.7. The molecular formula is C50H59N9O6. The number of aromatic amines is 2. The number of rotatable bonds is 19. The van der Waals surface area contributed by atoms with Crippen molar-refractivity contribution >= 4 is 45.6 Å². The average Bonchev–Trinajstić information content (AvgIpc) is 3.92. The lowest BCUT2D eigenvalue weighted by molar-refractivity contribution is -0.137. The molecule has 2 aliphatic rings. The number of carbonyl (C=O) groups is 4. The summed E-state index contributed by atoms with van der Waals surface area (Å²) in [5, 5.41) is 7.59. The number of hydrogen-bond acceptors (Lipinski definition) is 8. The van der Waals surface area contributed by atoms with E-state index in [0.717, 1.165) is 86.7 Å². The van der Waals surface area contributed by atoms with Gasteiger partial charge in [-0.05, 0) is 89.4 Å². The fourth-order valence-electron chi connectivity index (χ4n) is 8.67. The summed E-state index contributed by atoms with van der Waals surface area (Å²) < 4.78 is 11.7. The highest BCUT2D eigenvalue weighted by Crippen LogP contribution is 2.42. The molecule has 8 rings (SSSR count). The van der Waals surface area contributed by atoms with E-state index in [0.29, 0.717) is 38.0 Å². The standard InChI is InChI=1S/C50H59N9O6/c1-6-19-58(49(62)45(31-10-8-7-9-11-31)56-47(60)32-12-13-32)26-42-52-24-40(54-42)34-14-16-36-35(21-34)28-65-41-23-37-33(22-38(36)41)15-17-39-46(37)55-43(53-39)27-59(25-30(4)18-20-64-5)48(61)44(29(2)3)57-50(51)63/h7-11,14-17,21-24,29-30,32,44-45H,6,12-13,18-20,25-28H2,1-5H3,(H,52,54)(H,53,55)(H,56,60)(H3,51,57,63). The Morgan fingerprint density at radius 1 is 0.908 bits per heavy atom. The van der Waals surface area contributed by atoms with Gasteiger partial charge in [-0.1, -0.05) is 76.2 Å². The van der Waals surface area contributed by atoms with Crippen LogP contribution in [0, 0.1) is 17.8 Å². The van der Waals surface area contributed by atoms with Crippen LogP contribution in [0.25, 0.3) is 44.2 Å². The SMILES string of the molecule is CCCN(Cc1ncc(-c2ccc3c(c2)COc2cc4c(ccc5[nH]c(CN(CC(C)CCOC)C(=O)C(NC(N)=O)C(C)C)nc54)cc2-3)[nH]1)C(=O)C(NC(=O)C1CC1)c1ccccc1. The van der Waals surface area contributed by atoms with Crippen LogP contribution in [0.15, 0.2) is 79.0 Å². The lowest BCUT2D eigenvalue weighted by Gasteiger charge is -2.31. The normalized spacial score (nSPS) is 14.6. The minimum atomic E-state index is -0.780. The molecule has 0 radical (unpaired) electrons. The maximum absolute atomic E-state index is 14.1. The number of ether oxygens (including phenoxy) is 2. The lowest BCUT2D eigenvalue weighted by atomic mass is 9.92. The van der Waals surface area contributed by atoms with Crippen LogP contribution in [0.1, 0.15) is 82.2 Å². The number of methoxy groups -OCH3 is 1. The summed E-state index contributed by atoms with van der Waals surface area (Å²) in [6.45, 7) is 10.2. The summed E-state index contributed by atoms with van der Waals surface area (Å²) in [4.78, 5) is 72.9. The van der Waals surface area contributed by atoms with Crippen molar-refractivity contribution in [1.82, 2.24) is 40.4 Å². The van der Waals surface area contributed by atoms with Gasteiger partial charge in [-0.2, -0.15) is 0 Å². The van der Waals surface area contributed by atoms with Crippen molar-refractivity contribution in [1.29, 1.82) is 0 Å². The molecule has 0 spiro atoms. The van der Waals surface area contributed by atoms with E-state index in [1.807, 2.05) is 63.2 Å². The van der Waals surface area contributed by atoms with Gasteiger partial charge < -0.3 is 45.6 Å². The minimum absolute atomic E-state index is 0.0221. The maximum Gasteiger partial charge on any atom is 0.312 e. The lowest BCUT2D eigenvalue weighted by Crippen LogP contribution is -2.53. The molecule has 5 amide bonds. The first kappa shape index (κ1) is 44.9. The van der Waals surface area contributed by atoms with Crippen LogP contribution in [-0.2, 0) is 38.8 Å². The molecule has 6 N–H and O–H groups in total. The summed E-state index contributed by atoms with van der Waals surface area (Å²) in [5.74, 6) is 1.50. The second-order valence-corrected chi connectivity index (χ2v) is 17.8. The van der Waals surface area contributed by atoms with Gasteiger partial charge in [0.25, 0.3) is 0 Å². The van der Waals surface area contributed by atoms with E-state index in [1.54, 1.807) is 23.1 Å². The van der Waals surface area contributed by atoms with E-state index < -0.39 is 18.1 Å². The van der Waals surface area contributed by atoms with Crippen LogP contribution in [0.2, 0.25) is 0 Å². The zero-order valence-corrected chi connectivity index (χ0v) is 37.8. The number of benzene rings is 4. The van der Waals surface area contributed by atoms with E-state index in [1.165, 1.54) is 0 Å². The molecule has 2 aromatic heterocycles. The molecule has 65 heavy (non-hydrogen) atoms. The Bertz CT molecular complexity index is 2690. The zero-order chi connectivity index (χ0) is 45.8. The Labute approximate surface area is 378 Å². The number of aromatic nitrogens is 4. The van der Waals surface area contributed by atoms with E-state index in [-0.39, 0.29) is 48.6 Å². The Kier molecular flexibility index (Phi) is 13.5. The first-order valence-electron chi connectivity index (χ1n) is 22.6. The number of fused-ring (bicyclic) bond motifs is 6. The fourth-order valence-corrected chi connectivity index (χ4v) is 8.67. The van der Waals surface area contributed by atoms with E-state index >= 15 is 0 Å². The molecule has 1 aliphatic carbocycles. The Morgan fingerprint density at radius 3 is 2.42 bits per heavy atom. The van der Waals surface area contributed by atoms with Gasteiger partial charge in [-0.25, -0.2) is 14.8 Å². The third-order valence-corrected chi connectivity index (χ3v) is 12.3. The first-order chi connectivity index (χ1) is 31.4. The van der Waals surface area contributed by atoms with Crippen molar-refractivity contribution in [3.8, 4) is 28.1 Å². The van der Waals surface area contributed by atoms with Crippen molar-refractivity contribution in [2.45, 2.75) is 85.2 Å². The van der Waals surface area contributed by atoms with Crippen LogP contribution in [0.4, 0.5) is 4.79 Å². The molecular weight excluding hydrogens is 823 g/mol. The maximum atomic E-state index is 14.1. The molecule has 0 bridgehead atoms.